The largest absolute Gasteiger partial charge is 0.481 e. The molecule has 1 atom stereocenters. The van der Waals surface area contributed by atoms with E-state index in [0.717, 1.165) is 0 Å². The lowest BCUT2D eigenvalue weighted by Gasteiger charge is -2.24. The maximum atomic E-state index is 10.9. The lowest BCUT2D eigenvalue weighted by atomic mass is 9.77. The van der Waals surface area contributed by atoms with Crippen molar-refractivity contribution in [3.05, 3.63) is 0 Å². The number of hydrogen-bond acceptors (Lipinski definition) is 3. The Kier molecular flexibility index (Phi) is 4.26. The highest BCUT2D eigenvalue weighted by molar-refractivity contribution is 5.98. The molecule has 0 aliphatic heterocycles. The zero-order chi connectivity index (χ0) is 12.2. The molecule has 0 radical (unpaired) electrons. The van der Waals surface area contributed by atoms with Gasteiger partial charge in [-0.15, -0.1) is 0 Å². The van der Waals surface area contributed by atoms with Crippen LogP contribution in [0.2, 0.25) is 0 Å². The summed E-state index contributed by atoms with van der Waals surface area (Å²) in [7, 11) is 0. The molecular weight excluding hydrogens is 204 g/mol. The van der Waals surface area contributed by atoms with E-state index in [0.29, 0.717) is 0 Å². The molecule has 3 N–H and O–H groups in total. The minimum atomic E-state index is -2.00. The fraction of sp³-hybridized carbons (Fsp3) is 0.667. The zero-order valence-corrected chi connectivity index (χ0v) is 8.56. The Labute approximate surface area is 86.5 Å². The Bertz CT molecular complexity index is 268. The van der Waals surface area contributed by atoms with E-state index in [4.69, 9.17) is 15.3 Å². The van der Waals surface area contributed by atoms with Gasteiger partial charge in [0.05, 0.1) is 5.92 Å². The highest BCUT2D eigenvalue weighted by atomic mass is 16.4. The molecule has 0 aliphatic carbocycles. The Hall–Kier alpha value is -1.59. The fourth-order valence-corrected chi connectivity index (χ4v) is 1.32. The first kappa shape index (κ1) is 13.4. The van der Waals surface area contributed by atoms with Crippen LogP contribution in [0.5, 0.6) is 0 Å². The van der Waals surface area contributed by atoms with Crippen LogP contribution in [0, 0.1) is 11.3 Å². The normalized spacial score (nSPS) is 13.2. The van der Waals surface area contributed by atoms with Gasteiger partial charge in [0, 0.05) is 0 Å². The van der Waals surface area contributed by atoms with Gasteiger partial charge >= 0.3 is 17.9 Å². The van der Waals surface area contributed by atoms with Crippen molar-refractivity contribution < 1.29 is 29.7 Å². The van der Waals surface area contributed by atoms with Crippen molar-refractivity contribution in [3.8, 4) is 0 Å². The van der Waals surface area contributed by atoms with E-state index < -0.39 is 35.7 Å². The van der Waals surface area contributed by atoms with Gasteiger partial charge in [0.1, 0.15) is 0 Å². The summed E-state index contributed by atoms with van der Waals surface area (Å²) in [5.74, 6) is -5.19. The Morgan fingerprint density at radius 3 is 1.73 bits per heavy atom. The van der Waals surface area contributed by atoms with E-state index in [1.807, 2.05) is 0 Å². The third-order valence-electron chi connectivity index (χ3n) is 2.50. The van der Waals surface area contributed by atoms with Crippen LogP contribution < -0.4 is 0 Å². The van der Waals surface area contributed by atoms with E-state index >= 15 is 0 Å². The summed E-state index contributed by atoms with van der Waals surface area (Å²) in [6.45, 7) is 2.70. The fourth-order valence-electron chi connectivity index (χ4n) is 1.32. The molecule has 0 saturated heterocycles. The van der Waals surface area contributed by atoms with E-state index in [1.165, 1.54) is 13.8 Å². The molecule has 0 aliphatic rings. The zero-order valence-electron chi connectivity index (χ0n) is 8.56. The predicted octanol–water partition coefficient (Wildman–Crippen LogP) is 0.663. The highest BCUT2D eigenvalue weighted by Crippen LogP contribution is 2.31. The number of carboxylic acid groups (broad SMARTS) is 3. The molecule has 0 amide bonds. The van der Waals surface area contributed by atoms with Crippen molar-refractivity contribution in [2.24, 2.45) is 11.3 Å². The first-order valence-corrected chi connectivity index (χ1v) is 4.47. The van der Waals surface area contributed by atoms with Gasteiger partial charge in [0.2, 0.25) is 0 Å². The van der Waals surface area contributed by atoms with Gasteiger partial charge in [-0.05, 0) is 12.8 Å². The first-order valence-electron chi connectivity index (χ1n) is 4.47. The lowest BCUT2D eigenvalue weighted by Crippen LogP contribution is -2.41. The summed E-state index contributed by atoms with van der Waals surface area (Å²) in [5.41, 5.74) is -2.00. The van der Waals surface area contributed by atoms with Gasteiger partial charge in [-0.2, -0.15) is 0 Å². The van der Waals surface area contributed by atoms with Crippen molar-refractivity contribution >= 4 is 17.9 Å². The molecule has 1 unspecified atom stereocenters. The van der Waals surface area contributed by atoms with E-state index in [-0.39, 0.29) is 6.42 Å². The summed E-state index contributed by atoms with van der Waals surface area (Å²) in [5, 5.41) is 26.3. The number of carbonyl (C=O) groups is 3. The number of carboxylic acids is 3. The van der Waals surface area contributed by atoms with Gasteiger partial charge in [0.15, 0.2) is 5.41 Å². The van der Waals surface area contributed by atoms with Crippen molar-refractivity contribution in [3.63, 3.8) is 0 Å². The van der Waals surface area contributed by atoms with Gasteiger partial charge in [0.25, 0.3) is 0 Å². The maximum absolute atomic E-state index is 10.9. The van der Waals surface area contributed by atoms with Crippen molar-refractivity contribution in [1.29, 1.82) is 0 Å². The van der Waals surface area contributed by atoms with E-state index in [9.17, 15) is 14.4 Å². The molecule has 0 saturated carbocycles. The molecular formula is C9H14O6. The SMILES string of the molecule is CCC(CC(C)C(=O)O)(C(=O)O)C(=O)O. The van der Waals surface area contributed by atoms with Crippen LogP contribution in [0.3, 0.4) is 0 Å². The molecule has 6 nitrogen and oxygen atoms in total. The topological polar surface area (TPSA) is 112 Å². The molecule has 15 heavy (non-hydrogen) atoms. The molecule has 0 fully saturated rings. The second kappa shape index (κ2) is 4.77. The van der Waals surface area contributed by atoms with Crippen molar-refractivity contribution in [2.75, 3.05) is 0 Å². The average molecular weight is 218 g/mol. The summed E-state index contributed by atoms with van der Waals surface area (Å²) in [4.78, 5) is 32.3. The van der Waals surface area contributed by atoms with E-state index in [1.54, 1.807) is 0 Å². The van der Waals surface area contributed by atoms with Crippen LogP contribution in [0.25, 0.3) is 0 Å². The summed E-state index contributed by atoms with van der Waals surface area (Å²) in [6, 6.07) is 0. The monoisotopic (exact) mass is 218 g/mol. The van der Waals surface area contributed by atoms with Gasteiger partial charge in [-0.3, -0.25) is 14.4 Å². The second-order valence-electron chi connectivity index (χ2n) is 3.49. The van der Waals surface area contributed by atoms with Crippen LogP contribution in [0.1, 0.15) is 26.7 Å². The number of aliphatic carboxylic acids is 3. The van der Waals surface area contributed by atoms with Gasteiger partial charge in [-0.1, -0.05) is 13.8 Å². The van der Waals surface area contributed by atoms with Crippen LogP contribution in [-0.2, 0) is 14.4 Å². The minimum Gasteiger partial charge on any atom is -0.481 e. The second-order valence-corrected chi connectivity index (χ2v) is 3.49. The molecule has 0 rings (SSSR count). The standard InChI is InChI=1S/C9H14O6/c1-3-9(7(12)13,8(14)15)4-5(2)6(10)11/h5H,3-4H2,1-2H3,(H,10,11)(H,12,13)(H,14,15). The van der Waals surface area contributed by atoms with Crippen LogP contribution >= 0.6 is 0 Å². The molecule has 86 valence electrons. The lowest BCUT2D eigenvalue weighted by molar-refractivity contribution is -0.167. The molecule has 0 heterocycles. The molecule has 6 heteroatoms. The molecule has 0 aromatic carbocycles. The third-order valence-corrected chi connectivity index (χ3v) is 2.50. The van der Waals surface area contributed by atoms with Crippen LogP contribution in [0.4, 0.5) is 0 Å². The third kappa shape index (κ3) is 2.68. The highest BCUT2D eigenvalue weighted by Gasteiger charge is 2.46. The predicted molar refractivity (Wildman–Crippen MR) is 49.4 cm³/mol. The number of rotatable bonds is 6. The molecule has 0 aromatic heterocycles. The Morgan fingerprint density at radius 1 is 1.13 bits per heavy atom. The van der Waals surface area contributed by atoms with Crippen molar-refractivity contribution in [1.82, 2.24) is 0 Å². The summed E-state index contributed by atoms with van der Waals surface area (Å²) in [6.07, 6.45) is -0.557. The summed E-state index contributed by atoms with van der Waals surface area (Å²) >= 11 is 0. The van der Waals surface area contributed by atoms with E-state index in [2.05, 4.69) is 0 Å². The van der Waals surface area contributed by atoms with Crippen LogP contribution in [-0.4, -0.2) is 33.2 Å². The number of hydrogen-bond donors (Lipinski definition) is 3. The van der Waals surface area contributed by atoms with Crippen molar-refractivity contribution in [2.45, 2.75) is 26.7 Å². The summed E-state index contributed by atoms with van der Waals surface area (Å²) < 4.78 is 0. The Balaban J connectivity index is 5.03. The quantitative estimate of drug-likeness (QED) is 0.564. The smallest absolute Gasteiger partial charge is 0.321 e. The average Bonchev–Trinajstić information content (AvgIpc) is 2.12. The van der Waals surface area contributed by atoms with Gasteiger partial charge < -0.3 is 15.3 Å². The Morgan fingerprint density at radius 2 is 1.53 bits per heavy atom. The van der Waals surface area contributed by atoms with Gasteiger partial charge in [-0.25, -0.2) is 0 Å². The van der Waals surface area contributed by atoms with Crippen LogP contribution in [0.15, 0.2) is 0 Å². The molecule has 0 aromatic rings. The molecule has 0 spiro atoms. The first-order chi connectivity index (χ1) is 6.77. The molecule has 0 bridgehead atoms. The maximum Gasteiger partial charge on any atom is 0.321 e. The minimum absolute atomic E-state index is 0.144.